The van der Waals surface area contributed by atoms with Crippen molar-refractivity contribution in [3.8, 4) is 10.8 Å². The van der Waals surface area contributed by atoms with Crippen molar-refractivity contribution in [3.63, 3.8) is 0 Å². The molecule has 1 aliphatic rings. The topological polar surface area (TPSA) is 75.4 Å². The Morgan fingerprint density at radius 2 is 2.43 bits per heavy atom. The molecule has 0 aromatic carbocycles. The molecule has 0 bridgehead atoms. The number of amides is 1. The third-order valence-corrected chi connectivity index (χ3v) is 4.87. The normalized spacial score (nSPS) is 21.6. The van der Waals surface area contributed by atoms with E-state index in [0.717, 1.165) is 24.1 Å². The Morgan fingerprint density at radius 1 is 1.57 bits per heavy atom. The minimum atomic E-state index is -0.291. The van der Waals surface area contributed by atoms with Crippen LogP contribution in [0.2, 0.25) is 0 Å². The Kier molecular flexibility index (Phi) is 4.07. The molecule has 1 fully saturated rings. The van der Waals surface area contributed by atoms with Gasteiger partial charge in [-0.3, -0.25) is 4.79 Å². The van der Waals surface area contributed by atoms with Gasteiger partial charge in [0.25, 0.3) is 5.91 Å². The maximum absolute atomic E-state index is 12.2. The molecule has 3 rings (SSSR count). The molecule has 112 valence electrons. The molecule has 2 aromatic rings. The predicted molar refractivity (Wildman–Crippen MR) is 80.2 cm³/mol. The average Bonchev–Trinajstić information content (AvgIpc) is 3.16. The lowest BCUT2D eigenvalue weighted by Gasteiger charge is -2.14. The number of carbonyl (C=O) groups is 1. The van der Waals surface area contributed by atoms with E-state index in [1.807, 2.05) is 13.0 Å². The van der Waals surface area contributed by atoms with Crippen molar-refractivity contribution in [1.29, 1.82) is 0 Å². The van der Waals surface area contributed by atoms with E-state index in [1.165, 1.54) is 11.3 Å². The Labute approximate surface area is 127 Å². The summed E-state index contributed by atoms with van der Waals surface area (Å²) >= 11 is 1.44. The maximum Gasteiger partial charge on any atom is 0.271 e. The molecule has 1 aliphatic carbocycles. The highest BCUT2D eigenvalue weighted by atomic mass is 32.1. The number of carbonyl (C=O) groups excluding carboxylic acids is 1. The molecule has 1 saturated carbocycles. The van der Waals surface area contributed by atoms with Crippen LogP contribution in [0.3, 0.4) is 0 Å². The fourth-order valence-corrected chi connectivity index (χ4v) is 3.55. The molecule has 0 radical (unpaired) electrons. The number of furan rings is 1. The van der Waals surface area contributed by atoms with Gasteiger partial charge in [-0.1, -0.05) is 6.42 Å². The largest absolute Gasteiger partial charge is 0.462 e. The Hall–Kier alpha value is -1.66. The molecular formula is C15H18N2O3S. The Bertz CT molecular complexity index is 621. The molecular weight excluding hydrogens is 288 g/mol. The molecule has 2 unspecified atom stereocenters. The summed E-state index contributed by atoms with van der Waals surface area (Å²) in [5, 5.41) is 13.4. The first-order valence-corrected chi connectivity index (χ1v) is 7.94. The van der Waals surface area contributed by atoms with Gasteiger partial charge in [-0.05, 0) is 31.9 Å². The molecule has 0 spiro atoms. The summed E-state index contributed by atoms with van der Waals surface area (Å²) in [5.41, 5.74) is 0.443. The Balaban J connectivity index is 1.67. The van der Waals surface area contributed by atoms with E-state index < -0.39 is 0 Å². The SMILES string of the molecule is Cc1sc(-c2ccco2)nc1C(=O)NCC1CCCC1O. The molecule has 0 saturated heterocycles. The first-order valence-electron chi connectivity index (χ1n) is 7.12. The van der Waals surface area contributed by atoms with Crippen LogP contribution in [0.25, 0.3) is 10.8 Å². The zero-order chi connectivity index (χ0) is 14.8. The van der Waals surface area contributed by atoms with Crippen molar-refractivity contribution < 1.29 is 14.3 Å². The minimum absolute atomic E-state index is 0.164. The quantitative estimate of drug-likeness (QED) is 0.910. The van der Waals surface area contributed by atoms with E-state index in [0.29, 0.717) is 23.0 Å². The van der Waals surface area contributed by atoms with Gasteiger partial charge in [0, 0.05) is 17.3 Å². The van der Waals surface area contributed by atoms with Crippen LogP contribution >= 0.6 is 11.3 Å². The van der Waals surface area contributed by atoms with E-state index in [4.69, 9.17) is 4.42 Å². The van der Waals surface area contributed by atoms with Crippen LogP contribution in [-0.2, 0) is 0 Å². The van der Waals surface area contributed by atoms with E-state index in [2.05, 4.69) is 10.3 Å². The van der Waals surface area contributed by atoms with E-state index in [9.17, 15) is 9.90 Å². The fraction of sp³-hybridized carbons (Fsp3) is 0.467. The van der Waals surface area contributed by atoms with Gasteiger partial charge in [0.1, 0.15) is 5.69 Å². The summed E-state index contributed by atoms with van der Waals surface area (Å²) in [6.07, 6.45) is 4.13. The van der Waals surface area contributed by atoms with Crippen LogP contribution in [-0.4, -0.2) is 28.6 Å². The number of hydrogen-bond acceptors (Lipinski definition) is 5. The zero-order valence-electron chi connectivity index (χ0n) is 11.8. The fourth-order valence-electron chi connectivity index (χ4n) is 2.68. The lowest BCUT2D eigenvalue weighted by atomic mass is 10.1. The number of nitrogens with one attached hydrogen (secondary N) is 1. The van der Waals surface area contributed by atoms with Crippen LogP contribution in [0.4, 0.5) is 0 Å². The first-order chi connectivity index (χ1) is 10.1. The van der Waals surface area contributed by atoms with E-state index in [1.54, 1.807) is 12.3 Å². The number of nitrogens with zero attached hydrogens (tertiary/aromatic N) is 1. The van der Waals surface area contributed by atoms with E-state index >= 15 is 0 Å². The second kappa shape index (κ2) is 5.99. The second-order valence-electron chi connectivity index (χ2n) is 5.37. The molecule has 21 heavy (non-hydrogen) atoms. The van der Waals surface area contributed by atoms with Crippen molar-refractivity contribution in [2.45, 2.75) is 32.3 Å². The van der Waals surface area contributed by atoms with Crippen molar-refractivity contribution in [2.75, 3.05) is 6.54 Å². The lowest BCUT2D eigenvalue weighted by Crippen LogP contribution is -2.32. The summed E-state index contributed by atoms with van der Waals surface area (Å²) in [6, 6.07) is 3.63. The Morgan fingerprint density at radius 3 is 3.10 bits per heavy atom. The molecule has 2 aromatic heterocycles. The smallest absolute Gasteiger partial charge is 0.271 e. The molecule has 2 atom stereocenters. The number of aryl methyl sites for hydroxylation is 1. The molecule has 5 nitrogen and oxygen atoms in total. The minimum Gasteiger partial charge on any atom is -0.462 e. The molecule has 2 heterocycles. The van der Waals surface area contributed by atoms with Crippen molar-refractivity contribution in [1.82, 2.24) is 10.3 Å². The predicted octanol–water partition coefficient (Wildman–Crippen LogP) is 2.60. The van der Waals surface area contributed by atoms with Gasteiger partial charge in [0.2, 0.25) is 0 Å². The second-order valence-corrected chi connectivity index (χ2v) is 6.57. The first kappa shape index (κ1) is 14.3. The lowest BCUT2D eigenvalue weighted by molar-refractivity contribution is 0.0912. The number of thiazole rings is 1. The summed E-state index contributed by atoms with van der Waals surface area (Å²) in [7, 11) is 0. The van der Waals surface area contributed by atoms with Crippen molar-refractivity contribution >= 4 is 17.2 Å². The maximum atomic E-state index is 12.2. The number of aliphatic hydroxyl groups excluding tert-OH is 1. The molecule has 6 heteroatoms. The van der Waals surface area contributed by atoms with Crippen LogP contribution in [0.5, 0.6) is 0 Å². The van der Waals surface area contributed by atoms with Gasteiger partial charge in [0.05, 0.1) is 12.4 Å². The van der Waals surface area contributed by atoms with Crippen LogP contribution in [0.15, 0.2) is 22.8 Å². The average molecular weight is 306 g/mol. The van der Waals surface area contributed by atoms with Gasteiger partial charge in [0.15, 0.2) is 10.8 Å². The van der Waals surface area contributed by atoms with Crippen LogP contribution in [0, 0.1) is 12.8 Å². The highest BCUT2D eigenvalue weighted by molar-refractivity contribution is 7.15. The van der Waals surface area contributed by atoms with E-state index in [-0.39, 0.29) is 17.9 Å². The van der Waals surface area contributed by atoms with Gasteiger partial charge >= 0.3 is 0 Å². The highest BCUT2D eigenvalue weighted by Crippen LogP contribution is 2.28. The molecule has 1 amide bonds. The van der Waals surface area contributed by atoms with Crippen molar-refractivity contribution in [2.24, 2.45) is 5.92 Å². The summed E-state index contributed by atoms with van der Waals surface area (Å²) < 4.78 is 5.31. The van der Waals surface area contributed by atoms with Crippen LogP contribution < -0.4 is 5.32 Å². The van der Waals surface area contributed by atoms with Crippen LogP contribution in [0.1, 0.15) is 34.6 Å². The number of rotatable bonds is 4. The highest BCUT2D eigenvalue weighted by Gasteiger charge is 2.26. The number of aromatic nitrogens is 1. The van der Waals surface area contributed by atoms with Gasteiger partial charge in [-0.15, -0.1) is 11.3 Å². The third kappa shape index (κ3) is 3.01. The van der Waals surface area contributed by atoms with Gasteiger partial charge in [-0.25, -0.2) is 4.98 Å². The van der Waals surface area contributed by atoms with Crippen molar-refractivity contribution in [3.05, 3.63) is 29.0 Å². The van der Waals surface area contributed by atoms with Gasteiger partial charge in [-0.2, -0.15) is 0 Å². The number of aliphatic hydroxyl groups is 1. The molecule has 2 N–H and O–H groups in total. The number of hydrogen-bond donors (Lipinski definition) is 2. The summed E-state index contributed by atoms with van der Waals surface area (Å²) in [6.45, 7) is 2.39. The molecule has 0 aliphatic heterocycles. The summed E-state index contributed by atoms with van der Waals surface area (Å²) in [5.74, 6) is 0.659. The standard InChI is InChI=1S/C15H18N2O3S/c1-9-13(17-15(21-9)12-6-3-7-20-12)14(19)16-8-10-4-2-5-11(10)18/h3,6-7,10-11,18H,2,4-5,8H2,1H3,(H,16,19). The third-order valence-electron chi connectivity index (χ3n) is 3.89. The summed E-state index contributed by atoms with van der Waals surface area (Å²) in [4.78, 5) is 17.5. The van der Waals surface area contributed by atoms with Gasteiger partial charge < -0.3 is 14.8 Å². The zero-order valence-corrected chi connectivity index (χ0v) is 12.7. The monoisotopic (exact) mass is 306 g/mol.